The molecule has 0 saturated carbocycles. The molecule has 27 heavy (non-hydrogen) atoms. The highest BCUT2D eigenvalue weighted by atomic mass is 16.5. The van der Waals surface area contributed by atoms with Gasteiger partial charge in [0.1, 0.15) is 0 Å². The molecule has 0 spiro atoms. The van der Waals surface area contributed by atoms with E-state index in [1.54, 1.807) is 23.1 Å². The van der Waals surface area contributed by atoms with E-state index in [1.165, 1.54) is 6.26 Å². The molecule has 1 saturated heterocycles. The van der Waals surface area contributed by atoms with Gasteiger partial charge in [0.05, 0.1) is 12.9 Å². The number of furan rings is 1. The fourth-order valence-corrected chi connectivity index (χ4v) is 3.04. The number of ether oxygens (including phenoxy) is 2. The summed E-state index contributed by atoms with van der Waals surface area (Å²) in [5, 5.41) is 2.97. The van der Waals surface area contributed by atoms with Gasteiger partial charge in [-0.1, -0.05) is 12.1 Å². The van der Waals surface area contributed by atoms with Crippen LogP contribution in [-0.2, 0) is 4.79 Å². The Hall–Kier alpha value is -2.96. The van der Waals surface area contributed by atoms with Crippen LogP contribution in [0.5, 0.6) is 11.5 Å². The fourth-order valence-electron chi connectivity index (χ4n) is 3.04. The molecule has 1 aromatic heterocycles. The van der Waals surface area contributed by atoms with E-state index in [2.05, 4.69) is 5.32 Å². The molecule has 1 N–H and O–H groups in total. The molecule has 1 aliphatic rings. The van der Waals surface area contributed by atoms with Crippen LogP contribution in [0.25, 0.3) is 0 Å². The number of carbonyl (C=O) groups excluding carboxylic acids is 2. The van der Waals surface area contributed by atoms with Crippen molar-refractivity contribution in [2.45, 2.75) is 25.8 Å². The lowest BCUT2D eigenvalue weighted by Crippen LogP contribution is -2.47. The molecule has 0 bridgehead atoms. The molecule has 7 nitrogen and oxygen atoms in total. The van der Waals surface area contributed by atoms with Crippen molar-refractivity contribution in [1.29, 1.82) is 0 Å². The van der Waals surface area contributed by atoms with Gasteiger partial charge < -0.3 is 24.1 Å². The summed E-state index contributed by atoms with van der Waals surface area (Å²) >= 11 is 0. The Morgan fingerprint density at radius 1 is 1.11 bits per heavy atom. The van der Waals surface area contributed by atoms with Crippen LogP contribution in [0.4, 0.5) is 0 Å². The second-order valence-corrected chi connectivity index (χ2v) is 6.28. The number of rotatable bonds is 7. The molecule has 0 radical (unpaired) electrons. The summed E-state index contributed by atoms with van der Waals surface area (Å²) < 4.78 is 16.2. The van der Waals surface area contributed by atoms with Crippen molar-refractivity contribution < 1.29 is 23.5 Å². The number of para-hydroxylation sites is 2. The Bertz CT molecular complexity index is 751. The number of likely N-dealkylation sites (tertiary alicyclic amines) is 1. The Labute approximate surface area is 158 Å². The van der Waals surface area contributed by atoms with Gasteiger partial charge in [-0.05, 0) is 44.0 Å². The van der Waals surface area contributed by atoms with Crippen LogP contribution >= 0.6 is 0 Å². The standard InChI is InChI=1S/C20H24N2O5/c1-2-25-16-6-3-4-7-17(16)27-14-19(23)21-15-9-11-22(12-10-15)20(24)18-8-5-13-26-18/h3-8,13,15H,2,9-12,14H2,1H3,(H,21,23). The lowest BCUT2D eigenvalue weighted by Gasteiger charge is -2.31. The number of hydrogen-bond donors (Lipinski definition) is 1. The monoisotopic (exact) mass is 372 g/mol. The minimum atomic E-state index is -0.183. The SMILES string of the molecule is CCOc1ccccc1OCC(=O)NC1CCN(C(=O)c2ccco2)CC1. The van der Waals surface area contributed by atoms with Gasteiger partial charge in [-0.25, -0.2) is 0 Å². The number of carbonyl (C=O) groups is 2. The van der Waals surface area contributed by atoms with Crippen LogP contribution in [0.2, 0.25) is 0 Å². The Kier molecular flexibility index (Phi) is 6.35. The molecule has 2 amide bonds. The zero-order valence-electron chi connectivity index (χ0n) is 15.3. The summed E-state index contributed by atoms with van der Waals surface area (Å²) in [5.74, 6) is 1.22. The zero-order chi connectivity index (χ0) is 19.1. The lowest BCUT2D eigenvalue weighted by atomic mass is 10.0. The number of amides is 2. The fraction of sp³-hybridized carbons (Fsp3) is 0.400. The Morgan fingerprint density at radius 2 is 1.81 bits per heavy atom. The van der Waals surface area contributed by atoms with Gasteiger partial charge in [-0.2, -0.15) is 0 Å². The molecule has 3 rings (SSSR count). The molecule has 144 valence electrons. The smallest absolute Gasteiger partial charge is 0.289 e. The first-order chi connectivity index (χ1) is 13.2. The van der Waals surface area contributed by atoms with Crippen LogP contribution in [0.15, 0.2) is 47.1 Å². The maximum Gasteiger partial charge on any atom is 0.289 e. The number of hydrogen-bond acceptors (Lipinski definition) is 5. The molecule has 1 aromatic carbocycles. The molecule has 0 atom stereocenters. The minimum absolute atomic E-state index is 0.0314. The summed E-state index contributed by atoms with van der Waals surface area (Å²) in [7, 11) is 0. The van der Waals surface area contributed by atoms with Crippen molar-refractivity contribution in [2.24, 2.45) is 0 Å². The van der Waals surface area contributed by atoms with Crippen molar-refractivity contribution in [3.05, 3.63) is 48.4 Å². The molecule has 2 heterocycles. The average Bonchev–Trinajstić information content (AvgIpc) is 3.22. The summed E-state index contributed by atoms with van der Waals surface area (Å²) in [4.78, 5) is 26.2. The van der Waals surface area contributed by atoms with Crippen LogP contribution in [0.3, 0.4) is 0 Å². The molecular formula is C20H24N2O5. The number of nitrogens with zero attached hydrogens (tertiary/aromatic N) is 1. The molecule has 0 aliphatic carbocycles. The third-order valence-corrected chi connectivity index (χ3v) is 4.39. The Balaban J connectivity index is 1.43. The summed E-state index contributed by atoms with van der Waals surface area (Å²) in [6, 6.07) is 10.7. The van der Waals surface area contributed by atoms with Gasteiger partial charge in [-0.3, -0.25) is 9.59 Å². The average molecular weight is 372 g/mol. The van der Waals surface area contributed by atoms with Gasteiger partial charge in [0, 0.05) is 19.1 Å². The van der Waals surface area contributed by atoms with Crippen molar-refractivity contribution >= 4 is 11.8 Å². The molecule has 0 unspecified atom stereocenters. The predicted molar refractivity (Wildman–Crippen MR) is 98.9 cm³/mol. The number of benzene rings is 1. The first kappa shape index (κ1) is 18.8. The van der Waals surface area contributed by atoms with Gasteiger partial charge >= 0.3 is 0 Å². The molecular weight excluding hydrogens is 348 g/mol. The molecule has 1 fully saturated rings. The van der Waals surface area contributed by atoms with Gasteiger partial charge in [-0.15, -0.1) is 0 Å². The predicted octanol–water partition coefficient (Wildman–Crippen LogP) is 2.48. The van der Waals surface area contributed by atoms with E-state index in [-0.39, 0.29) is 24.5 Å². The van der Waals surface area contributed by atoms with Crippen molar-refractivity contribution in [2.75, 3.05) is 26.3 Å². The van der Waals surface area contributed by atoms with Crippen LogP contribution < -0.4 is 14.8 Å². The summed E-state index contributed by atoms with van der Waals surface area (Å²) in [6.07, 6.45) is 2.89. The van der Waals surface area contributed by atoms with E-state index >= 15 is 0 Å². The first-order valence-electron chi connectivity index (χ1n) is 9.14. The van der Waals surface area contributed by atoms with E-state index < -0.39 is 0 Å². The van der Waals surface area contributed by atoms with Gasteiger partial charge in [0.15, 0.2) is 23.9 Å². The Morgan fingerprint density at radius 3 is 2.44 bits per heavy atom. The van der Waals surface area contributed by atoms with Crippen molar-refractivity contribution in [3.8, 4) is 11.5 Å². The lowest BCUT2D eigenvalue weighted by molar-refractivity contribution is -0.124. The van der Waals surface area contributed by atoms with E-state index in [1.807, 2.05) is 25.1 Å². The quantitative estimate of drug-likeness (QED) is 0.808. The highest BCUT2D eigenvalue weighted by molar-refractivity contribution is 5.91. The topological polar surface area (TPSA) is 81.0 Å². The van der Waals surface area contributed by atoms with Gasteiger partial charge in [0.2, 0.25) is 0 Å². The maximum absolute atomic E-state index is 12.2. The summed E-state index contributed by atoms with van der Waals surface area (Å²) in [5.41, 5.74) is 0. The highest BCUT2D eigenvalue weighted by Gasteiger charge is 2.25. The first-order valence-corrected chi connectivity index (χ1v) is 9.14. The maximum atomic E-state index is 12.2. The largest absolute Gasteiger partial charge is 0.490 e. The highest BCUT2D eigenvalue weighted by Crippen LogP contribution is 2.26. The van der Waals surface area contributed by atoms with Crippen molar-refractivity contribution in [1.82, 2.24) is 10.2 Å². The van der Waals surface area contributed by atoms with E-state index in [0.29, 0.717) is 49.8 Å². The molecule has 1 aliphatic heterocycles. The normalized spacial score (nSPS) is 14.6. The third kappa shape index (κ3) is 5.03. The summed E-state index contributed by atoms with van der Waals surface area (Å²) in [6.45, 7) is 3.51. The second-order valence-electron chi connectivity index (χ2n) is 6.28. The van der Waals surface area contributed by atoms with E-state index in [9.17, 15) is 9.59 Å². The van der Waals surface area contributed by atoms with Crippen LogP contribution in [-0.4, -0.2) is 49.1 Å². The minimum Gasteiger partial charge on any atom is -0.490 e. The van der Waals surface area contributed by atoms with Crippen LogP contribution in [0, 0.1) is 0 Å². The van der Waals surface area contributed by atoms with E-state index in [4.69, 9.17) is 13.9 Å². The van der Waals surface area contributed by atoms with E-state index in [0.717, 1.165) is 0 Å². The number of piperidine rings is 1. The van der Waals surface area contributed by atoms with Crippen molar-refractivity contribution in [3.63, 3.8) is 0 Å². The molecule has 2 aromatic rings. The van der Waals surface area contributed by atoms with Crippen LogP contribution in [0.1, 0.15) is 30.3 Å². The second kappa shape index (κ2) is 9.12. The third-order valence-electron chi connectivity index (χ3n) is 4.39. The molecule has 7 heteroatoms. The zero-order valence-corrected chi connectivity index (χ0v) is 15.3. The van der Waals surface area contributed by atoms with Gasteiger partial charge in [0.25, 0.3) is 11.8 Å². The number of nitrogens with one attached hydrogen (secondary N) is 1.